The summed E-state index contributed by atoms with van der Waals surface area (Å²) in [5.41, 5.74) is 3.57. The predicted molar refractivity (Wildman–Crippen MR) is 78.2 cm³/mol. The topological polar surface area (TPSA) is 42.5 Å². The summed E-state index contributed by atoms with van der Waals surface area (Å²) in [6.45, 7) is 7.74. The van der Waals surface area contributed by atoms with Gasteiger partial charge in [-0.3, -0.25) is 0 Å². The van der Waals surface area contributed by atoms with E-state index in [1.165, 1.54) is 11.3 Å². The highest BCUT2D eigenvalue weighted by Crippen LogP contribution is 2.25. The Morgan fingerprint density at radius 3 is 2.89 bits per heavy atom. The molecule has 0 amide bonds. The average molecular weight is 264 g/mol. The zero-order valence-electron chi connectivity index (χ0n) is 12.1. The van der Waals surface area contributed by atoms with Crippen LogP contribution in [0.15, 0.2) is 12.1 Å². The first-order chi connectivity index (χ1) is 9.20. The number of aryl methyl sites for hydroxylation is 2. The third-order valence-electron chi connectivity index (χ3n) is 3.55. The van der Waals surface area contributed by atoms with E-state index in [1.54, 1.807) is 7.11 Å². The molecule has 4 heteroatoms. The van der Waals surface area contributed by atoms with E-state index in [2.05, 4.69) is 36.6 Å². The van der Waals surface area contributed by atoms with Crippen molar-refractivity contribution in [2.24, 2.45) is 0 Å². The molecule has 1 atom stereocenters. The van der Waals surface area contributed by atoms with Crippen LogP contribution < -0.4 is 15.4 Å². The Morgan fingerprint density at radius 2 is 2.21 bits per heavy atom. The van der Waals surface area contributed by atoms with Crippen LogP contribution in [-0.2, 0) is 4.74 Å². The van der Waals surface area contributed by atoms with Gasteiger partial charge in [0.15, 0.2) is 0 Å². The lowest BCUT2D eigenvalue weighted by Crippen LogP contribution is -2.42. The Hall–Kier alpha value is -1.26. The van der Waals surface area contributed by atoms with Crippen LogP contribution in [0.5, 0.6) is 5.75 Å². The number of rotatable bonds is 5. The minimum Gasteiger partial charge on any atom is -0.496 e. The van der Waals surface area contributed by atoms with Crippen LogP contribution >= 0.6 is 0 Å². The number of ether oxygens (including phenoxy) is 2. The first-order valence-electron chi connectivity index (χ1n) is 6.91. The molecule has 4 nitrogen and oxygen atoms in total. The highest BCUT2D eigenvalue weighted by Gasteiger charge is 2.12. The van der Waals surface area contributed by atoms with Crippen molar-refractivity contribution in [1.29, 1.82) is 0 Å². The maximum atomic E-state index is 5.45. The Balaban J connectivity index is 1.86. The second-order valence-corrected chi connectivity index (χ2v) is 5.08. The van der Waals surface area contributed by atoms with Crippen molar-refractivity contribution < 1.29 is 9.47 Å². The fourth-order valence-electron chi connectivity index (χ4n) is 2.39. The molecular formula is C15H24N2O2. The van der Waals surface area contributed by atoms with Gasteiger partial charge in [-0.15, -0.1) is 0 Å². The van der Waals surface area contributed by atoms with Crippen LogP contribution in [0.25, 0.3) is 0 Å². The van der Waals surface area contributed by atoms with Crippen LogP contribution in [0.2, 0.25) is 0 Å². The smallest absolute Gasteiger partial charge is 0.122 e. The molecule has 1 saturated heterocycles. The second kappa shape index (κ2) is 6.78. The summed E-state index contributed by atoms with van der Waals surface area (Å²) in [6.07, 6.45) is 1.07. The van der Waals surface area contributed by atoms with E-state index in [0.717, 1.165) is 44.0 Å². The van der Waals surface area contributed by atoms with E-state index in [4.69, 9.17) is 9.47 Å². The summed E-state index contributed by atoms with van der Waals surface area (Å²) in [4.78, 5) is 0. The summed E-state index contributed by atoms with van der Waals surface area (Å²) in [5, 5.41) is 6.97. The number of benzene rings is 1. The van der Waals surface area contributed by atoms with E-state index in [9.17, 15) is 0 Å². The fourth-order valence-corrected chi connectivity index (χ4v) is 2.39. The molecule has 0 aromatic heterocycles. The first kappa shape index (κ1) is 14.2. The van der Waals surface area contributed by atoms with Gasteiger partial charge in [-0.05, 0) is 43.5 Å². The molecule has 1 heterocycles. The molecule has 1 aliphatic heterocycles. The summed E-state index contributed by atoms with van der Waals surface area (Å²) in [6, 6.07) is 4.71. The zero-order valence-corrected chi connectivity index (χ0v) is 12.1. The SMILES string of the molecule is COc1cc(C)c(NCCC2COCCN2)cc1C. The minimum atomic E-state index is 0.473. The third-order valence-corrected chi connectivity index (χ3v) is 3.55. The van der Waals surface area contributed by atoms with Gasteiger partial charge < -0.3 is 20.1 Å². The zero-order chi connectivity index (χ0) is 13.7. The molecule has 2 N–H and O–H groups in total. The third kappa shape index (κ3) is 3.85. The van der Waals surface area contributed by atoms with Crippen molar-refractivity contribution >= 4 is 5.69 Å². The molecule has 19 heavy (non-hydrogen) atoms. The van der Waals surface area contributed by atoms with Crippen LogP contribution in [-0.4, -0.2) is 39.5 Å². The predicted octanol–water partition coefficient (Wildman–Crippen LogP) is 2.10. The Kier molecular flexibility index (Phi) is 5.05. The van der Waals surface area contributed by atoms with E-state index in [1.807, 2.05) is 0 Å². The monoisotopic (exact) mass is 264 g/mol. The maximum absolute atomic E-state index is 5.45. The summed E-state index contributed by atoms with van der Waals surface area (Å²) in [7, 11) is 1.71. The second-order valence-electron chi connectivity index (χ2n) is 5.08. The number of anilines is 1. The molecule has 1 aromatic rings. The van der Waals surface area contributed by atoms with Gasteiger partial charge in [0.1, 0.15) is 5.75 Å². The van der Waals surface area contributed by atoms with E-state index < -0.39 is 0 Å². The number of hydrogen-bond donors (Lipinski definition) is 2. The van der Waals surface area contributed by atoms with Gasteiger partial charge in [-0.2, -0.15) is 0 Å². The summed E-state index contributed by atoms with van der Waals surface area (Å²) in [5.74, 6) is 0.949. The van der Waals surface area contributed by atoms with Gasteiger partial charge in [0.25, 0.3) is 0 Å². The van der Waals surface area contributed by atoms with Gasteiger partial charge in [-0.1, -0.05) is 0 Å². The maximum Gasteiger partial charge on any atom is 0.122 e. The van der Waals surface area contributed by atoms with Crippen molar-refractivity contribution in [3.63, 3.8) is 0 Å². The molecule has 0 aliphatic carbocycles. The number of hydrogen-bond acceptors (Lipinski definition) is 4. The molecule has 106 valence electrons. The molecule has 1 aliphatic rings. The number of nitrogens with one attached hydrogen (secondary N) is 2. The van der Waals surface area contributed by atoms with Gasteiger partial charge in [0.2, 0.25) is 0 Å². The molecular weight excluding hydrogens is 240 g/mol. The lowest BCUT2D eigenvalue weighted by molar-refractivity contribution is 0.0753. The van der Waals surface area contributed by atoms with Gasteiger partial charge in [-0.25, -0.2) is 0 Å². The highest BCUT2D eigenvalue weighted by atomic mass is 16.5. The molecule has 1 unspecified atom stereocenters. The van der Waals surface area contributed by atoms with Crippen molar-refractivity contribution in [2.75, 3.05) is 38.7 Å². The lowest BCUT2D eigenvalue weighted by atomic mass is 10.1. The summed E-state index contributed by atoms with van der Waals surface area (Å²) < 4.78 is 10.8. The van der Waals surface area contributed by atoms with Crippen LogP contribution in [0, 0.1) is 13.8 Å². The van der Waals surface area contributed by atoms with Gasteiger partial charge in [0, 0.05) is 24.8 Å². The number of methoxy groups -OCH3 is 1. The molecule has 0 radical (unpaired) electrons. The Bertz CT molecular complexity index is 415. The molecule has 0 bridgehead atoms. The first-order valence-corrected chi connectivity index (χ1v) is 6.91. The normalized spacial score (nSPS) is 19.2. The molecule has 2 rings (SSSR count). The van der Waals surface area contributed by atoms with E-state index >= 15 is 0 Å². The Labute approximate surface area is 115 Å². The summed E-state index contributed by atoms with van der Waals surface area (Å²) >= 11 is 0. The molecule has 1 fully saturated rings. The standard InChI is InChI=1S/C15H24N2O2/c1-11-9-15(18-3)12(2)8-14(11)17-5-4-13-10-19-7-6-16-13/h8-9,13,16-17H,4-7,10H2,1-3H3. The minimum absolute atomic E-state index is 0.473. The number of morpholine rings is 1. The lowest BCUT2D eigenvalue weighted by Gasteiger charge is -2.24. The fraction of sp³-hybridized carbons (Fsp3) is 0.600. The van der Waals surface area contributed by atoms with E-state index in [-0.39, 0.29) is 0 Å². The van der Waals surface area contributed by atoms with Gasteiger partial charge >= 0.3 is 0 Å². The quantitative estimate of drug-likeness (QED) is 0.854. The van der Waals surface area contributed by atoms with E-state index in [0.29, 0.717) is 6.04 Å². The largest absolute Gasteiger partial charge is 0.496 e. The average Bonchev–Trinajstić information content (AvgIpc) is 2.43. The van der Waals surface area contributed by atoms with Gasteiger partial charge in [0.05, 0.1) is 20.3 Å². The van der Waals surface area contributed by atoms with Crippen LogP contribution in [0.4, 0.5) is 5.69 Å². The van der Waals surface area contributed by atoms with Crippen molar-refractivity contribution in [1.82, 2.24) is 5.32 Å². The molecule has 1 aromatic carbocycles. The highest BCUT2D eigenvalue weighted by molar-refractivity contribution is 5.56. The van der Waals surface area contributed by atoms with Crippen LogP contribution in [0.1, 0.15) is 17.5 Å². The van der Waals surface area contributed by atoms with Crippen molar-refractivity contribution in [2.45, 2.75) is 26.3 Å². The molecule has 0 saturated carbocycles. The van der Waals surface area contributed by atoms with Crippen LogP contribution in [0.3, 0.4) is 0 Å². The molecule has 0 spiro atoms. The Morgan fingerprint density at radius 1 is 1.37 bits per heavy atom. The van der Waals surface area contributed by atoms with Crippen molar-refractivity contribution in [3.8, 4) is 5.75 Å². The van der Waals surface area contributed by atoms with Crippen molar-refractivity contribution in [3.05, 3.63) is 23.3 Å².